The van der Waals surface area contributed by atoms with E-state index in [-0.39, 0.29) is 18.0 Å². The highest BCUT2D eigenvalue weighted by Gasteiger charge is 2.11. The van der Waals surface area contributed by atoms with Crippen LogP contribution in [0.3, 0.4) is 0 Å². The number of hydrogen-bond acceptors (Lipinski definition) is 4. The fourth-order valence-electron chi connectivity index (χ4n) is 3.22. The lowest BCUT2D eigenvalue weighted by molar-refractivity contribution is -0.147. The van der Waals surface area contributed by atoms with Crippen LogP contribution in [-0.4, -0.2) is 24.6 Å². The van der Waals surface area contributed by atoms with E-state index in [9.17, 15) is 9.59 Å². The highest BCUT2D eigenvalue weighted by atomic mass is 16.5. The molecular formula is C22H42O4. The van der Waals surface area contributed by atoms with Crippen LogP contribution in [0.2, 0.25) is 0 Å². The number of esters is 2. The number of hydrogen-bond donors (Lipinski definition) is 0. The maximum absolute atomic E-state index is 11.2. The van der Waals surface area contributed by atoms with Crippen molar-refractivity contribution in [1.82, 2.24) is 0 Å². The molecule has 0 radical (unpaired) electrons. The van der Waals surface area contributed by atoms with Crippen molar-refractivity contribution in [1.29, 1.82) is 0 Å². The predicted octanol–water partition coefficient (Wildman–Crippen LogP) is 6.35. The average molecular weight is 371 g/mol. The van der Waals surface area contributed by atoms with Crippen LogP contribution < -0.4 is 0 Å². The van der Waals surface area contributed by atoms with E-state index in [2.05, 4.69) is 6.92 Å². The third-order valence-electron chi connectivity index (χ3n) is 4.69. The zero-order valence-electron chi connectivity index (χ0n) is 17.5. The summed E-state index contributed by atoms with van der Waals surface area (Å²) in [6.45, 7) is 5.76. The molecule has 0 heterocycles. The zero-order chi connectivity index (χ0) is 19.5. The molecule has 0 saturated heterocycles. The molecule has 26 heavy (non-hydrogen) atoms. The molecule has 0 aliphatic rings. The molecule has 154 valence electrons. The molecule has 0 bridgehead atoms. The Bertz CT molecular complexity index is 341. The molecule has 0 aromatic heterocycles. The molecule has 0 fully saturated rings. The monoisotopic (exact) mass is 370 g/mol. The molecule has 0 amide bonds. The Morgan fingerprint density at radius 3 is 1.58 bits per heavy atom. The van der Waals surface area contributed by atoms with E-state index < -0.39 is 0 Å². The number of unbranched alkanes of at least 4 members (excludes halogenated alkanes) is 11. The van der Waals surface area contributed by atoms with Crippen LogP contribution in [0.15, 0.2) is 0 Å². The van der Waals surface area contributed by atoms with Crippen LogP contribution >= 0.6 is 0 Å². The third-order valence-corrected chi connectivity index (χ3v) is 4.69. The number of carbonyl (C=O) groups is 2. The molecule has 0 spiro atoms. The molecule has 1 unspecified atom stereocenters. The van der Waals surface area contributed by atoms with Crippen LogP contribution in [0.5, 0.6) is 0 Å². The Labute approximate surface area is 161 Å². The lowest BCUT2D eigenvalue weighted by Crippen LogP contribution is -2.16. The Morgan fingerprint density at radius 1 is 0.654 bits per heavy atom. The van der Waals surface area contributed by atoms with Crippen LogP contribution in [0.25, 0.3) is 0 Å². The van der Waals surface area contributed by atoms with Gasteiger partial charge in [0.05, 0.1) is 6.61 Å². The van der Waals surface area contributed by atoms with Crippen LogP contribution in [0, 0.1) is 0 Å². The van der Waals surface area contributed by atoms with Gasteiger partial charge in [0, 0.05) is 13.8 Å². The zero-order valence-corrected chi connectivity index (χ0v) is 17.5. The van der Waals surface area contributed by atoms with Crippen molar-refractivity contribution < 1.29 is 19.1 Å². The minimum absolute atomic E-state index is 0.126. The van der Waals surface area contributed by atoms with E-state index in [0.717, 1.165) is 32.1 Å². The highest BCUT2D eigenvalue weighted by molar-refractivity contribution is 5.66. The van der Waals surface area contributed by atoms with Crippen LogP contribution in [-0.2, 0) is 19.1 Å². The van der Waals surface area contributed by atoms with E-state index in [1.54, 1.807) is 0 Å². The van der Waals surface area contributed by atoms with Gasteiger partial charge in [-0.25, -0.2) is 0 Å². The number of carbonyl (C=O) groups excluding carboxylic acids is 2. The fraction of sp³-hybridized carbons (Fsp3) is 0.909. The molecule has 4 heteroatoms. The van der Waals surface area contributed by atoms with Crippen molar-refractivity contribution in [3.8, 4) is 0 Å². The Hall–Kier alpha value is -1.06. The second-order valence-electron chi connectivity index (χ2n) is 7.39. The van der Waals surface area contributed by atoms with E-state index in [0.29, 0.717) is 6.61 Å². The second-order valence-corrected chi connectivity index (χ2v) is 7.39. The second kappa shape index (κ2) is 18.7. The van der Waals surface area contributed by atoms with Crippen molar-refractivity contribution in [2.75, 3.05) is 6.61 Å². The van der Waals surface area contributed by atoms with Crippen molar-refractivity contribution in [2.24, 2.45) is 0 Å². The SMILES string of the molecule is CCCCCCC(CCCCCCCCCCCOC(C)=O)OC(C)=O. The van der Waals surface area contributed by atoms with E-state index in [1.165, 1.54) is 78.1 Å². The van der Waals surface area contributed by atoms with Gasteiger partial charge in [-0.1, -0.05) is 71.1 Å². The number of ether oxygens (including phenoxy) is 2. The molecule has 0 saturated carbocycles. The first-order valence-corrected chi connectivity index (χ1v) is 10.9. The van der Waals surface area contributed by atoms with E-state index in [1.807, 2.05) is 0 Å². The van der Waals surface area contributed by atoms with Crippen molar-refractivity contribution >= 4 is 11.9 Å². The first-order valence-electron chi connectivity index (χ1n) is 10.9. The summed E-state index contributed by atoms with van der Waals surface area (Å²) in [5.41, 5.74) is 0. The minimum Gasteiger partial charge on any atom is -0.466 e. The number of rotatable bonds is 18. The summed E-state index contributed by atoms with van der Waals surface area (Å²) in [7, 11) is 0. The molecule has 0 N–H and O–H groups in total. The summed E-state index contributed by atoms with van der Waals surface area (Å²) in [5.74, 6) is -0.318. The maximum atomic E-state index is 11.2. The predicted molar refractivity (Wildman–Crippen MR) is 107 cm³/mol. The summed E-state index contributed by atoms with van der Waals surface area (Å²) in [6, 6.07) is 0. The van der Waals surface area contributed by atoms with Gasteiger partial charge in [0.15, 0.2) is 0 Å². The molecule has 0 aromatic carbocycles. The third kappa shape index (κ3) is 19.3. The molecule has 0 aliphatic heterocycles. The smallest absolute Gasteiger partial charge is 0.302 e. The Morgan fingerprint density at radius 2 is 1.12 bits per heavy atom. The lowest BCUT2D eigenvalue weighted by atomic mass is 10.0. The molecular weight excluding hydrogens is 328 g/mol. The van der Waals surface area contributed by atoms with Gasteiger partial charge in [0.2, 0.25) is 0 Å². The van der Waals surface area contributed by atoms with E-state index in [4.69, 9.17) is 9.47 Å². The van der Waals surface area contributed by atoms with Gasteiger partial charge >= 0.3 is 11.9 Å². The minimum atomic E-state index is -0.179. The van der Waals surface area contributed by atoms with Gasteiger partial charge in [-0.15, -0.1) is 0 Å². The largest absolute Gasteiger partial charge is 0.466 e. The van der Waals surface area contributed by atoms with Gasteiger partial charge in [-0.05, 0) is 32.1 Å². The van der Waals surface area contributed by atoms with Crippen molar-refractivity contribution in [3.05, 3.63) is 0 Å². The summed E-state index contributed by atoms with van der Waals surface area (Å²) in [4.78, 5) is 21.9. The normalized spacial score (nSPS) is 12.0. The topological polar surface area (TPSA) is 52.6 Å². The van der Waals surface area contributed by atoms with Crippen molar-refractivity contribution in [2.45, 2.75) is 123 Å². The highest BCUT2D eigenvalue weighted by Crippen LogP contribution is 2.16. The van der Waals surface area contributed by atoms with Gasteiger partial charge in [0.25, 0.3) is 0 Å². The molecule has 1 atom stereocenters. The Balaban J connectivity index is 3.48. The van der Waals surface area contributed by atoms with Gasteiger partial charge in [0.1, 0.15) is 6.10 Å². The van der Waals surface area contributed by atoms with Gasteiger partial charge < -0.3 is 9.47 Å². The standard InChI is InChI=1S/C22H42O4/c1-4-5-6-14-17-22(26-21(3)24)18-15-12-10-8-7-9-11-13-16-19-25-20(2)23/h22H,4-19H2,1-3H3. The van der Waals surface area contributed by atoms with Gasteiger partial charge in [-0.2, -0.15) is 0 Å². The first-order chi connectivity index (χ1) is 12.6. The fourth-order valence-corrected chi connectivity index (χ4v) is 3.22. The quantitative estimate of drug-likeness (QED) is 0.208. The molecule has 4 nitrogen and oxygen atoms in total. The van der Waals surface area contributed by atoms with Crippen LogP contribution in [0.4, 0.5) is 0 Å². The van der Waals surface area contributed by atoms with Crippen molar-refractivity contribution in [3.63, 3.8) is 0 Å². The van der Waals surface area contributed by atoms with E-state index >= 15 is 0 Å². The molecule has 0 rings (SSSR count). The average Bonchev–Trinajstić information content (AvgIpc) is 2.58. The first kappa shape index (κ1) is 24.9. The van der Waals surface area contributed by atoms with Gasteiger partial charge in [-0.3, -0.25) is 9.59 Å². The van der Waals surface area contributed by atoms with Crippen LogP contribution in [0.1, 0.15) is 117 Å². The Kier molecular flexibility index (Phi) is 18.0. The summed E-state index contributed by atoms with van der Waals surface area (Å²) >= 11 is 0. The summed E-state index contributed by atoms with van der Waals surface area (Å²) in [6.07, 6.45) is 18.0. The molecule has 0 aliphatic carbocycles. The summed E-state index contributed by atoms with van der Waals surface area (Å²) < 4.78 is 10.4. The summed E-state index contributed by atoms with van der Waals surface area (Å²) in [5, 5.41) is 0. The maximum Gasteiger partial charge on any atom is 0.302 e. The molecule has 0 aromatic rings. The lowest BCUT2D eigenvalue weighted by Gasteiger charge is -2.17.